The Bertz CT molecular complexity index is 1240. The Hall–Kier alpha value is -3.54. The summed E-state index contributed by atoms with van der Waals surface area (Å²) in [7, 11) is 0. The zero-order valence-electron chi connectivity index (χ0n) is 15.8. The minimum atomic E-state index is -0.745. The van der Waals surface area contributed by atoms with Gasteiger partial charge >= 0.3 is 0 Å². The third-order valence-corrected chi connectivity index (χ3v) is 5.42. The fourth-order valence-electron chi connectivity index (χ4n) is 3.67. The second kappa shape index (κ2) is 6.51. The van der Waals surface area contributed by atoms with Crippen LogP contribution in [0.2, 0.25) is 0 Å². The molecule has 1 saturated carbocycles. The van der Waals surface area contributed by atoms with Gasteiger partial charge in [0.1, 0.15) is 5.82 Å². The zero-order chi connectivity index (χ0) is 20.0. The first kappa shape index (κ1) is 17.6. The van der Waals surface area contributed by atoms with Crippen LogP contribution in [-0.2, 0) is 10.2 Å². The van der Waals surface area contributed by atoms with E-state index in [0.717, 1.165) is 22.3 Å². The zero-order valence-corrected chi connectivity index (χ0v) is 15.8. The van der Waals surface area contributed by atoms with Gasteiger partial charge < -0.3 is 9.84 Å². The number of rotatable bonds is 4. The number of pyridine rings is 1. The van der Waals surface area contributed by atoms with Crippen molar-refractivity contribution in [2.24, 2.45) is 0 Å². The molecule has 1 N–H and O–H groups in total. The minimum absolute atomic E-state index is 0.137. The molecule has 0 spiro atoms. The lowest BCUT2D eigenvalue weighted by molar-refractivity contribution is -0.118. The Labute approximate surface area is 166 Å². The summed E-state index contributed by atoms with van der Waals surface area (Å²) in [5.41, 5.74) is 2.50. The highest BCUT2D eigenvalue weighted by Crippen LogP contribution is 2.49. The van der Waals surface area contributed by atoms with Crippen LogP contribution < -0.4 is 5.32 Å². The number of amides is 1. The van der Waals surface area contributed by atoms with Gasteiger partial charge in [0.05, 0.1) is 27.9 Å². The second-order valence-electron chi connectivity index (χ2n) is 7.42. The van der Waals surface area contributed by atoms with Crippen LogP contribution in [0, 0.1) is 12.7 Å². The molecule has 0 bridgehead atoms. The van der Waals surface area contributed by atoms with E-state index in [-0.39, 0.29) is 11.7 Å². The van der Waals surface area contributed by atoms with E-state index in [2.05, 4.69) is 15.5 Å². The fourth-order valence-corrected chi connectivity index (χ4v) is 3.67. The van der Waals surface area contributed by atoms with Gasteiger partial charge in [-0.05, 0) is 44.0 Å². The van der Waals surface area contributed by atoms with E-state index in [9.17, 15) is 9.18 Å². The molecule has 1 amide bonds. The Morgan fingerprint density at radius 1 is 1.10 bits per heavy atom. The summed E-state index contributed by atoms with van der Waals surface area (Å²) in [5, 5.41) is 8.03. The third kappa shape index (κ3) is 2.97. The molecular weight excluding hydrogens is 369 g/mol. The maximum absolute atomic E-state index is 14.1. The summed E-state index contributed by atoms with van der Waals surface area (Å²) < 4.78 is 19.4. The lowest BCUT2D eigenvalue weighted by Gasteiger charge is -2.14. The van der Waals surface area contributed by atoms with Gasteiger partial charge in [-0.2, -0.15) is 0 Å². The molecular formula is C23H18FN3O2. The van der Waals surface area contributed by atoms with Crippen LogP contribution in [0.3, 0.4) is 0 Å². The summed E-state index contributed by atoms with van der Waals surface area (Å²) in [4.78, 5) is 17.7. The number of anilines is 1. The number of halogens is 1. The van der Waals surface area contributed by atoms with Crippen LogP contribution in [0.25, 0.3) is 22.2 Å². The summed E-state index contributed by atoms with van der Waals surface area (Å²) in [6.45, 7) is 1.90. The van der Waals surface area contributed by atoms with Crippen molar-refractivity contribution in [2.75, 3.05) is 5.32 Å². The van der Waals surface area contributed by atoms with E-state index < -0.39 is 5.41 Å². The molecule has 2 heterocycles. The highest BCUT2D eigenvalue weighted by molar-refractivity contribution is 6.06. The van der Waals surface area contributed by atoms with E-state index in [1.807, 2.05) is 37.3 Å². The quantitative estimate of drug-likeness (QED) is 0.535. The van der Waals surface area contributed by atoms with E-state index in [0.29, 0.717) is 29.9 Å². The number of aromatic nitrogens is 2. The average molecular weight is 387 g/mol. The van der Waals surface area contributed by atoms with Crippen molar-refractivity contribution in [3.8, 4) is 11.3 Å². The molecule has 5 rings (SSSR count). The van der Waals surface area contributed by atoms with E-state index in [1.165, 1.54) is 6.07 Å². The number of nitrogens with one attached hydrogen (secondary N) is 1. The number of para-hydroxylation sites is 1. The van der Waals surface area contributed by atoms with Crippen LogP contribution >= 0.6 is 0 Å². The highest BCUT2D eigenvalue weighted by Gasteiger charge is 2.54. The average Bonchev–Trinajstić information content (AvgIpc) is 3.39. The van der Waals surface area contributed by atoms with Gasteiger partial charge in [-0.1, -0.05) is 35.5 Å². The Kier molecular flexibility index (Phi) is 3.94. The van der Waals surface area contributed by atoms with Crippen LogP contribution in [0.1, 0.15) is 24.2 Å². The number of carbonyl (C=O) groups is 1. The predicted octanol–water partition coefficient (Wildman–Crippen LogP) is 5.01. The number of hydrogen-bond donors (Lipinski definition) is 1. The lowest BCUT2D eigenvalue weighted by Crippen LogP contribution is -2.28. The third-order valence-electron chi connectivity index (χ3n) is 5.42. The van der Waals surface area contributed by atoms with Crippen LogP contribution in [0.5, 0.6) is 0 Å². The maximum atomic E-state index is 14.1. The molecule has 1 aliphatic rings. The summed E-state index contributed by atoms with van der Waals surface area (Å²) in [6, 6.07) is 17.6. The van der Waals surface area contributed by atoms with Crippen molar-refractivity contribution in [3.05, 3.63) is 77.9 Å². The molecule has 5 nitrogen and oxygen atoms in total. The molecule has 4 aromatic rings. The molecule has 0 radical (unpaired) electrons. The normalized spacial score (nSPS) is 14.7. The van der Waals surface area contributed by atoms with Gasteiger partial charge in [-0.3, -0.25) is 9.78 Å². The smallest absolute Gasteiger partial charge is 0.236 e. The molecule has 0 saturated heterocycles. The van der Waals surface area contributed by atoms with Crippen molar-refractivity contribution < 1.29 is 13.7 Å². The number of benzene rings is 2. The van der Waals surface area contributed by atoms with Crippen LogP contribution in [-0.4, -0.2) is 16.0 Å². The van der Waals surface area contributed by atoms with Crippen LogP contribution in [0.4, 0.5) is 10.1 Å². The molecule has 29 heavy (non-hydrogen) atoms. The van der Waals surface area contributed by atoms with Crippen molar-refractivity contribution in [1.29, 1.82) is 0 Å². The topological polar surface area (TPSA) is 68.0 Å². The Balaban J connectivity index is 1.46. The minimum Gasteiger partial charge on any atom is -0.356 e. The predicted molar refractivity (Wildman–Crippen MR) is 108 cm³/mol. The fraction of sp³-hybridized carbons (Fsp3) is 0.174. The largest absolute Gasteiger partial charge is 0.356 e. The van der Waals surface area contributed by atoms with E-state index in [1.54, 1.807) is 24.3 Å². The molecule has 0 unspecified atom stereocenters. The van der Waals surface area contributed by atoms with Crippen LogP contribution in [0.15, 0.2) is 65.2 Å². The summed E-state index contributed by atoms with van der Waals surface area (Å²) >= 11 is 0. The summed E-state index contributed by atoms with van der Waals surface area (Å²) in [5.74, 6) is -0.202. The number of hydrogen-bond acceptors (Lipinski definition) is 4. The van der Waals surface area contributed by atoms with Gasteiger partial charge in [0.15, 0.2) is 5.76 Å². The number of nitrogens with zero attached hydrogens (tertiary/aromatic N) is 2. The molecule has 1 aliphatic carbocycles. The lowest BCUT2D eigenvalue weighted by atomic mass is 9.99. The first-order chi connectivity index (χ1) is 14.1. The molecule has 144 valence electrons. The van der Waals surface area contributed by atoms with Gasteiger partial charge in [0, 0.05) is 17.1 Å². The Morgan fingerprint density at radius 3 is 2.66 bits per heavy atom. The maximum Gasteiger partial charge on any atom is 0.236 e. The number of aryl methyl sites for hydroxylation is 1. The first-order valence-corrected chi connectivity index (χ1v) is 9.47. The van der Waals surface area contributed by atoms with Crippen molar-refractivity contribution >= 4 is 22.5 Å². The molecule has 6 heteroatoms. The van der Waals surface area contributed by atoms with Gasteiger partial charge in [0.25, 0.3) is 0 Å². The standard InChI is InChI=1S/C23H18FN3O2/c1-14-12-19(16-7-3-5-9-18(16)25-14)26-22(28)23(10-11-23)21-13-20(29-27-21)15-6-2-4-8-17(15)24/h2-9,12-13H,10-11H2,1H3,(H,25,26,28). The summed E-state index contributed by atoms with van der Waals surface area (Å²) in [6.07, 6.45) is 1.34. The first-order valence-electron chi connectivity index (χ1n) is 9.47. The number of carbonyl (C=O) groups excluding carboxylic acids is 1. The number of fused-ring (bicyclic) bond motifs is 1. The van der Waals surface area contributed by atoms with Crippen molar-refractivity contribution in [1.82, 2.24) is 10.1 Å². The SMILES string of the molecule is Cc1cc(NC(=O)C2(c3cc(-c4ccccc4F)on3)CC2)c2ccccc2n1. The van der Waals surface area contributed by atoms with Gasteiger partial charge in [0.2, 0.25) is 5.91 Å². The second-order valence-corrected chi connectivity index (χ2v) is 7.42. The van der Waals surface area contributed by atoms with E-state index in [4.69, 9.17) is 4.52 Å². The molecule has 2 aromatic heterocycles. The monoisotopic (exact) mass is 387 g/mol. The molecule has 0 atom stereocenters. The van der Waals surface area contributed by atoms with Gasteiger partial charge in [-0.15, -0.1) is 0 Å². The molecule has 0 aliphatic heterocycles. The van der Waals surface area contributed by atoms with Gasteiger partial charge in [-0.25, -0.2) is 4.39 Å². The van der Waals surface area contributed by atoms with Crippen molar-refractivity contribution in [2.45, 2.75) is 25.2 Å². The Morgan fingerprint density at radius 2 is 1.86 bits per heavy atom. The van der Waals surface area contributed by atoms with E-state index >= 15 is 0 Å². The highest BCUT2D eigenvalue weighted by atomic mass is 19.1. The molecule has 1 fully saturated rings. The van der Waals surface area contributed by atoms with Crippen molar-refractivity contribution in [3.63, 3.8) is 0 Å². The molecule has 2 aromatic carbocycles.